The van der Waals surface area contributed by atoms with Gasteiger partial charge in [0.2, 0.25) is 0 Å². The van der Waals surface area contributed by atoms with Crippen molar-refractivity contribution in [2.45, 2.75) is 0 Å². The molecule has 0 aliphatic carbocycles. The first-order valence-corrected chi connectivity index (χ1v) is 9.79. The van der Waals surface area contributed by atoms with Gasteiger partial charge < -0.3 is 10.2 Å². The minimum atomic E-state index is -0.948. The average Bonchev–Trinajstić information content (AvgIpc) is 2.83. The van der Waals surface area contributed by atoms with Gasteiger partial charge in [-0.2, -0.15) is 10.2 Å². The highest BCUT2D eigenvalue weighted by Crippen LogP contribution is 2.26. The van der Waals surface area contributed by atoms with Crippen molar-refractivity contribution in [2.75, 3.05) is 0 Å². The van der Waals surface area contributed by atoms with Crippen molar-refractivity contribution in [3.63, 3.8) is 0 Å². The Bertz CT molecular complexity index is 1170. The van der Waals surface area contributed by atoms with Crippen LogP contribution >= 0.6 is 0 Å². The molecular formula is C26H18N2O4. The molecule has 6 nitrogen and oxygen atoms in total. The van der Waals surface area contributed by atoms with E-state index >= 15 is 0 Å². The van der Waals surface area contributed by atoms with E-state index in [4.69, 9.17) is 10.2 Å². The lowest BCUT2D eigenvalue weighted by atomic mass is 10.0. The Morgan fingerprint density at radius 1 is 0.438 bits per heavy atom. The fourth-order valence-corrected chi connectivity index (χ4v) is 3.17. The Morgan fingerprint density at radius 3 is 0.938 bits per heavy atom. The summed E-state index contributed by atoms with van der Waals surface area (Å²) in [5.74, 6) is -1.90. The van der Waals surface area contributed by atoms with Crippen LogP contribution in [-0.4, -0.2) is 22.2 Å². The maximum atomic E-state index is 11.0. The summed E-state index contributed by atoms with van der Waals surface area (Å²) in [6, 6.07) is 28.5. The molecule has 0 fully saturated rings. The van der Waals surface area contributed by atoms with Crippen LogP contribution in [0.25, 0.3) is 22.3 Å². The van der Waals surface area contributed by atoms with Gasteiger partial charge in [0, 0.05) is 0 Å². The Morgan fingerprint density at radius 2 is 0.688 bits per heavy atom. The molecule has 0 saturated heterocycles. The number of hydrogen-bond donors (Lipinski definition) is 2. The van der Waals surface area contributed by atoms with Crippen LogP contribution in [0.2, 0.25) is 0 Å². The molecule has 0 unspecified atom stereocenters. The van der Waals surface area contributed by atoms with Crippen molar-refractivity contribution in [2.24, 2.45) is 10.2 Å². The first-order chi connectivity index (χ1) is 15.5. The standard InChI is InChI=1S/C26H18N2O4/c29-25(30)21-5-1-17(2-6-21)19-9-13-23(14-10-19)27-28-24-15-11-20(12-16-24)18-3-7-22(8-4-18)26(31)32/h1-16H,(H,29,30)(H,31,32). The molecule has 4 rings (SSSR count). The monoisotopic (exact) mass is 422 g/mol. The Hall–Kier alpha value is -4.58. The molecule has 0 saturated carbocycles. The molecule has 0 atom stereocenters. The van der Waals surface area contributed by atoms with E-state index in [1.165, 1.54) is 0 Å². The van der Waals surface area contributed by atoms with E-state index < -0.39 is 11.9 Å². The Balaban J connectivity index is 1.43. The molecule has 0 aliphatic rings. The van der Waals surface area contributed by atoms with Gasteiger partial charge in [0.15, 0.2) is 0 Å². The van der Waals surface area contributed by atoms with Gasteiger partial charge in [-0.3, -0.25) is 0 Å². The number of carboxylic acid groups (broad SMARTS) is 2. The molecule has 156 valence electrons. The fourth-order valence-electron chi connectivity index (χ4n) is 3.17. The summed E-state index contributed by atoms with van der Waals surface area (Å²) in [5.41, 5.74) is 5.66. The third-order valence-electron chi connectivity index (χ3n) is 4.95. The van der Waals surface area contributed by atoms with Crippen LogP contribution in [-0.2, 0) is 0 Å². The van der Waals surface area contributed by atoms with E-state index in [9.17, 15) is 9.59 Å². The summed E-state index contributed by atoms with van der Waals surface area (Å²) in [5, 5.41) is 26.5. The van der Waals surface area contributed by atoms with E-state index in [1.54, 1.807) is 48.5 Å². The summed E-state index contributed by atoms with van der Waals surface area (Å²) >= 11 is 0. The number of nitrogens with zero attached hydrogens (tertiary/aromatic N) is 2. The number of hydrogen-bond acceptors (Lipinski definition) is 4. The molecule has 0 aromatic heterocycles. The number of carbonyl (C=O) groups is 2. The second kappa shape index (κ2) is 9.06. The number of rotatable bonds is 6. The zero-order valence-corrected chi connectivity index (χ0v) is 16.8. The minimum Gasteiger partial charge on any atom is -0.478 e. The average molecular weight is 422 g/mol. The van der Waals surface area contributed by atoms with Crippen molar-refractivity contribution in [1.29, 1.82) is 0 Å². The van der Waals surface area contributed by atoms with Crippen LogP contribution < -0.4 is 0 Å². The van der Waals surface area contributed by atoms with Crippen LogP contribution in [0.4, 0.5) is 11.4 Å². The lowest BCUT2D eigenvalue weighted by Crippen LogP contribution is -1.94. The summed E-state index contributed by atoms with van der Waals surface area (Å²) in [6.07, 6.45) is 0. The van der Waals surface area contributed by atoms with E-state index in [0.29, 0.717) is 11.4 Å². The van der Waals surface area contributed by atoms with Crippen LogP contribution in [0, 0.1) is 0 Å². The van der Waals surface area contributed by atoms with E-state index in [2.05, 4.69) is 10.2 Å². The molecule has 4 aromatic rings. The zero-order chi connectivity index (χ0) is 22.5. The predicted molar refractivity (Wildman–Crippen MR) is 122 cm³/mol. The maximum absolute atomic E-state index is 11.0. The first-order valence-electron chi connectivity index (χ1n) is 9.79. The highest BCUT2D eigenvalue weighted by atomic mass is 16.4. The fraction of sp³-hybridized carbons (Fsp3) is 0. The van der Waals surface area contributed by atoms with Gasteiger partial charge in [0.1, 0.15) is 0 Å². The third kappa shape index (κ3) is 4.76. The van der Waals surface area contributed by atoms with Gasteiger partial charge in [-0.1, -0.05) is 48.5 Å². The molecule has 6 heteroatoms. The molecule has 0 aliphatic heterocycles. The molecule has 0 heterocycles. The van der Waals surface area contributed by atoms with Crippen LogP contribution in [0.15, 0.2) is 107 Å². The number of benzene rings is 4. The molecular weight excluding hydrogens is 404 g/mol. The van der Waals surface area contributed by atoms with Gasteiger partial charge in [-0.25, -0.2) is 9.59 Å². The minimum absolute atomic E-state index is 0.252. The van der Waals surface area contributed by atoms with Crippen LogP contribution in [0.5, 0.6) is 0 Å². The molecule has 0 radical (unpaired) electrons. The molecule has 32 heavy (non-hydrogen) atoms. The second-order valence-electron chi connectivity index (χ2n) is 7.06. The highest BCUT2D eigenvalue weighted by molar-refractivity contribution is 5.89. The number of carboxylic acids is 2. The SMILES string of the molecule is O=C(O)c1ccc(-c2ccc(N=Nc3ccc(-c4ccc(C(=O)O)cc4)cc3)cc2)cc1. The van der Waals surface area contributed by atoms with E-state index in [1.807, 2.05) is 48.5 Å². The summed E-state index contributed by atoms with van der Waals surface area (Å²) in [7, 11) is 0. The summed E-state index contributed by atoms with van der Waals surface area (Å²) in [4.78, 5) is 21.9. The van der Waals surface area contributed by atoms with Gasteiger partial charge in [0.25, 0.3) is 0 Å². The van der Waals surface area contributed by atoms with Gasteiger partial charge in [0.05, 0.1) is 22.5 Å². The Labute approximate surface area is 184 Å². The molecule has 4 aromatic carbocycles. The van der Waals surface area contributed by atoms with Crippen molar-refractivity contribution in [3.05, 3.63) is 108 Å². The molecule has 2 N–H and O–H groups in total. The predicted octanol–water partition coefficient (Wildman–Crippen LogP) is 6.83. The van der Waals surface area contributed by atoms with Crippen LogP contribution in [0.3, 0.4) is 0 Å². The highest BCUT2D eigenvalue weighted by Gasteiger charge is 2.04. The quantitative estimate of drug-likeness (QED) is 0.333. The first kappa shape index (κ1) is 20.7. The number of aromatic carboxylic acids is 2. The smallest absolute Gasteiger partial charge is 0.335 e. The lowest BCUT2D eigenvalue weighted by Gasteiger charge is -2.03. The van der Waals surface area contributed by atoms with Crippen molar-refractivity contribution < 1.29 is 19.8 Å². The topological polar surface area (TPSA) is 99.3 Å². The number of azo groups is 1. The van der Waals surface area contributed by atoms with E-state index in [0.717, 1.165) is 22.3 Å². The van der Waals surface area contributed by atoms with Gasteiger partial charge >= 0.3 is 11.9 Å². The second-order valence-corrected chi connectivity index (χ2v) is 7.06. The molecule has 0 amide bonds. The Kier molecular flexibility index (Phi) is 5.85. The van der Waals surface area contributed by atoms with Crippen molar-refractivity contribution in [1.82, 2.24) is 0 Å². The lowest BCUT2D eigenvalue weighted by molar-refractivity contribution is 0.0686. The normalized spacial score (nSPS) is 10.9. The molecule has 0 bridgehead atoms. The largest absolute Gasteiger partial charge is 0.478 e. The summed E-state index contributed by atoms with van der Waals surface area (Å²) < 4.78 is 0. The van der Waals surface area contributed by atoms with E-state index in [-0.39, 0.29) is 11.1 Å². The van der Waals surface area contributed by atoms with Crippen molar-refractivity contribution in [3.8, 4) is 22.3 Å². The van der Waals surface area contributed by atoms with Crippen LogP contribution in [0.1, 0.15) is 20.7 Å². The van der Waals surface area contributed by atoms with Gasteiger partial charge in [-0.05, 0) is 70.8 Å². The maximum Gasteiger partial charge on any atom is 0.335 e. The zero-order valence-electron chi connectivity index (χ0n) is 16.8. The van der Waals surface area contributed by atoms with Crippen molar-refractivity contribution >= 4 is 23.3 Å². The summed E-state index contributed by atoms with van der Waals surface area (Å²) in [6.45, 7) is 0. The van der Waals surface area contributed by atoms with Gasteiger partial charge in [-0.15, -0.1) is 0 Å². The third-order valence-corrected chi connectivity index (χ3v) is 4.95. The molecule has 0 spiro atoms.